The summed E-state index contributed by atoms with van der Waals surface area (Å²) in [5.74, 6) is 0.327. The van der Waals surface area contributed by atoms with Crippen LogP contribution in [-0.4, -0.2) is 60.8 Å². The van der Waals surface area contributed by atoms with E-state index in [1.165, 1.54) is 25.3 Å². The first kappa shape index (κ1) is 28.1. The minimum absolute atomic E-state index is 0.0374. The molecular weight excluding hydrogens is 545 g/mol. The molecule has 0 spiro atoms. The van der Waals surface area contributed by atoms with Crippen molar-refractivity contribution >= 4 is 21.8 Å². The van der Waals surface area contributed by atoms with E-state index in [0.29, 0.717) is 34.7 Å². The molecule has 1 atom stereocenters. The molecule has 2 heterocycles. The van der Waals surface area contributed by atoms with Crippen molar-refractivity contribution < 1.29 is 27.1 Å². The fourth-order valence-corrected chi connectivity index (χ4v) is 6.63. The number of nitrogens with zero attached hydrogens (tertiary/aromatic N) is 3. The number of aromatic nitrogens is 2. The summed E-state index contributed by atoms with van der Waals surface area (Å²) in [5.41, 5.74) is 3.52. The molecule has 0 aliphatic carbocycles. The number of hydrogen-bond acceptors (Lipinski definition) is 6. The number of sulfone groups is 1. The Morgan fingerprint density at radius 3 is 2.44 bits per heavy atom. The Balaban J connectivity index is 1.48. The highest BCUT2D eigenvalue weighted by molar-refractivity contribution is 7.91. The van der Waals surface area contributed by atoms with Gasteiger partial charge in [-0.05, 0) is 66.6 Å². The highest BCUT2D eigenvalue weighted by Gasteiger charge is 2.34. The number of para-hydroxylation sites is 1. The number of hydrogen-bond donors (Lipinski definition) is 0. The van der Waals surface area contributed by atoms with Crippen LogP contribution in [-0.2, 0) is 21.2 Å². The van der Waals surface area contributed by atoms with Gasteiger partial charge in [0.1, 0.15) is 5.82 Å². The second-order valence-electron chi connectivity index (χ2n) is 9.77. The quantitative estimate of drug-likeness (QED) is 0.263. The van der Waals surface area contributed by atoms with Crippen molar-refractivity contribution in [2.75, 3.05) is 25.7 Å². The van der Waals surface area contributed by atoms with Crippen molar-refractivity contribution in [1.29, 1.82) is 0 Å². The summed E-state index contributed by atoms with van der Waals surface area (Å²) in [4.78, 5) is 15.3. The van der Waals surface area contributed by atoms with Gasteiger partial charge in [-0.1, -0.05) is 24.3 Å². The van der Waals surface area contributed by atoms with Crippen LogP contribution in [0, 0.1) is 5.82 Å². The summed E-state index contributed by atoms with van der Waals surface area (Å²) >= 11 is 0. The molecule has 1 aliphatic rings. The molecule has 0 bridgehead atoms. The Kier molecular flexibility index (Phi) is 8.21. The van der Waals surface area contributed by atoms with Crippen LogP contribution in [0.25, 0.3) is 23.0 Å². The lowest BCUT2D eigenvalue weighted by Gasteiger charge is -2.27. The van der Waals surface area contributed by atoms with Crippen LogP contribution in [0.2, 0.25) is 0 Å². The largest absolute Gasteiger partial charge is 0.493 e. The van der Waals surface area contributed by atoms with E-state index in [0.717, 1.165) is 11.3 Å². The number of halogens is 1. The summed E-state index contributed by atoms with van der Waals surface area (Å²) in [6, 6.07) is 20.4. The first-order valence-corrected chi connectivity index (χ1v) is 14.9. The monoisotopic (exact) mass is 575 g/mol. The van der Waals surface area contributed by atoms with Crippen molar-refractivity contribution in [2.24, 2.45) is 0 Å². The lowest BCUT2D eigenvalue weighted by Crippen LogP contribution is -2.39. The molecule has 1 unspecified atom stereocenters. The maximum Gasteiger partial charge on any atom is 0.247 e. The number of rotatable bonds is 9. The summed E-state index contributed by atoms with van der Waals surface area (Å²) in [6.07, 6.45) is 5.27. The number of benzene rings is 3. The van der Waals surface area contributed by atoms with Crippen molar-refractivity contribution in [3.05, 3.63) is 102 Å². The molecule has 41 heavy (non-hydrogen) atoms. The van der Waals surface area contributed by atoms with Crippen LogP contribution < -0.4 is 9.47 Å². The van der Waals surface area contributed by atoms with Crippen LogP contribution in [0.5, 0.6) is 11.5 Å². The van der Waals surface area contributed by atoms with Crippen molar-refractivity contribution in [3.63, 3.8) is 0 Å². The fraction of sp³-hybridized carbons (Fsp3) is 0.226. The molecule has 1 amide bonds. The minimum atomic E-state index is -3.24. The van der Waals surface area contributed by atoms with E-state index in [4.69, 9.17) is 14.6 Å². The van der Waals surface area contributed by atoms with Crippen LogP contribution in [0.4, 0.5) is 4.39 Å². The number of ether oxygens (including phenoxy) is 2. The predicted molar refractivity (Wildman–Crippen MR) is 155 cm³/mol. The standard InChI is InChI=1S/C31H30FN3O5S/c1-39-28-14-8-22(18-29(28)40-2)19-34(27-16-17-41(37,38)21-27)30(36)15-11-24-20-35(26-6-4-3-5-7-26)33-31(24)23-9-12-25(32)13-10-23/h3-15,18,20,27H,16-17,19,21H2,1-2H3. The first-order chi connectivity index (χ1) is 19.8. The van der Waals surface area contributed by atoms with E-state index in [1.54, 1.807) is 53.2 Å². The summed E-state index contributed by atoms with van der Waals surface area (Å²) < 4.78 is 50.7. The number of amides is 1. The second-order valence-corrected chi connectivity index (χ2v) is 12.0. The van der Waals surface area contributed by atoms with Crippen molar-refractivity contribution in [1.82, 2.24) is 14.7 Å². The van der Waals surface area contributed by atoms with E-state index < -0.39 is 15.9 Å². The topological polar surface area (TPSA) is 90.7 Å². The van der Waals surface area contributed by atoms with Gasteiger partial charge < -0.3 is 14.4 Å². The Labute approximate surface area is 238 Å². The van der Waals surface area contributed by atoms with Gasteiger partial charge in [-0.3, -0.25) is 4.79 Å². The SMILES string of the molecule is COc1ccc(CN(C(=O)C=Cc2cn(-c3ccccc3)nc2-c2ccc(F)cc2)C2CCS(=O)(=O)C2)cc1OC. The zero-order valence-corrected chi connectivity index (χ0v) is 23.6. The molecule has 4 aromatic rings. The molecule has 1 aliphatic heterocycles. The van der Waals surface area contributed by atoms with Gasteiger partial charge in [0, 0.05) is 36.0 Å². The van der Waals surface area contributed by atoms with E-state index in [2.05, 4.69) is 0 Å². The zero-order valence-electron chi connectivity index (χ0n) is 22.7. The molecule has 8 nitrogen and oxygen atoms in total. The minimum Gasteiger partial charge on any atom is -0.493 e. The highest BCUT2D eigenvalue weighted by atomic mass is 32.2. The molecule has 3 aromatic carbocycles. The Bertz CT molecular complexity index is 1670. The van der Waals surface area contributed by atoms with Crippen LogP contribution >= 0.6 is 0 Å². The van der Waals surface area contributed by atoms with Gasteiger partial charge in [0.2, 0.25) is 5.91 Å². The average Bonchev–Trinajstić information content (AvgIpc) is 3.58. The predicted octanol–water partition coefficient (Wildman–Crippen LogP) is 4.92. The van der Waals surface area contributed by atoms with Gasteiger partial charge in [-0.2, -0.15) is 5.10 Å². The highest BCUT2D eigenvalue weighted by Crippen LogP contribution is 2.30. The normalized spacial score (nSPS) is 16.1. The summed E-state index contributed by atoms with van der Waals surface area (Å²) in [7, 11) is -0.161. The third-order valence-electron chi connectivity index (χ3n) is 7.02. The van der Waals surface area contributed by atoms with E-state index in [-0.39, 0.29) is 29.8 Å². The van der Waals surface area contributed by atoms with Crippen LogP contribution in [0.3, 0.4) is 0 Å². The molecular formula is C31H30FN3O5S. The molecule has 10 heteroatoms. The summed E-state index contributed by atoms with van der Waals surface area (Å²) in [6.45, 7) is 0.192. The first-order valence-electron chi connectivity index (χ1n) is 13.1. The van der Waals surface area contributed by atoms with Crippen molar-refractivity contribution in [3.8, 4) is 28.4 Å². The maximum atomic E-state index is 13.7. The van der Waals surface area contributed by atoms with Gasteiger partial charge in [0.05, 0.1) is 37.1 Å². The number of carbonyl (C=O) groups is 1. The average molecular weight is 576 g/mol. The maximum absolute atomic E-state index is 13.7. The van der Waals surface area contributed by atoms with Gasteiger partial charge in [0.15, 0.2) is 21.3 Å². The number of methoxy groups -OCH3 is 2. The molecule has 0 radical (unpaired) electrons. The van der Waals surface area contributed by atoms with E-state index in [9.17, 15) is 17.6 Å². The Morgan fingerprint density at radius 2 is 1.78 bits per heavy atom. The molecule has 5 rings (SSSR count). The third-order valence-corrected chi connectivity index (χ3v) is 8.77. The van der Waals surface area contributed by atoms with Gasteiger partial charge in [-0.25, -0.2) is 17.5 Å². The lowest BCUT2D eigenvalue weighted by molar-refractivity contribution is -0.128. The van der Waals surface area contributed by atoms with Crippen molar-refractivity contribution in [2.45, 2.75) is 19.0 Å². The van der Waals surface area contributed by atoms with Gasteiger partial charge in [0.25, 0.3) is 0 Å². The third kappa shape index (κ3) is 6.49. The fourth-order valence-electron chi connectivity index (χ4n) is 4.89. The second kappa shape index (κ2) is 12.0. The summed E-state index contributed by atoms with van der Waals surface area (Å²) in [5, 5.41) is 4.72. The molecule has 0 saturated carbocycles. The molecule has 1 aromatic heterocycles. The lowest BCUT2D eigenvalue weighted by atomic mass is 10.1. The van der Waals surface area contributed by atoms with E-state index in [1.807, 2.05) is 36.4 Å². The zero-order chi connectivity index (χ0) is 29.0. The Hall–Kier alpha value is -4.44. The molecule has 212 valence electrons. The molecule has 1 saturated heterocycles. The van der Waals surface area contributed by atoms with Crippen LogP contribution in [0.15, 0.2) is 85.1 Å². The Morgan fingerprint density at radius 1 is 1.05 bits per heavy atom. The van der Waals surface area contributed by atoms with Gasteiger partial charge >= 0.3 is 0 Å². The molecule has 0 N–H and O–H groups in total. The van der Waals surface area contributed by atoms with Crippen LogP contribution in [0.1, 0.15) is 17.5 Å². The van der Waals surface area contributed by atoms with E-state index >= 15 is 0 Å². The number of carbonyl (C=O) groups excluding carboxylic acids is 1. The van der Waals surface area contributed by atoms with Gasteiger partial charge in [-0.15, -0.1) is 0 Å². The molecule has 1 fully saturated rings. The smallest absolute Gasteiger partial charge is 0.247 e.